The average molecular weight is 292 g/mol. The topological polar surface area (TPSA) is 27.1 Å². The van der Waals surface area contributed by atoms with E-state index in [0.29, 0.717) is 12.1 Å². The van der Waals surface area contributed by atoms with Crippen LogP contribution in [0.3, 0.4) is 0 Å². The zero-order chi connectivity index (χ0) is 9.42. The Balaban J connectivity index is 2.07. The third kappa shape index (κ3) is 1.61. The molecule has 4 heteroatoms. The van der Waals surface area contributed by atoms with Gasteiger partial charge in [-0.05, 0) is 42.4 Å². The highest BCUT2D eigenvalue weighted by Crippen LogP contribution is 2.34. The average Bonchev–Trinajstić information content (AvgIpc) is 2.34. The van der Waals surface area contributed by atoms with Gasteiger partial charge in [0.2, 0.25) is 0 Å². The van der Waals surface area contributed by atoms with Crippen LogP contribution in [0.2, 0.25) is 0 Å². The van der Waals surface area contributed by atoms with Crippen molar-refractivity contribution in [3.63, 3.8) is 0 Å². The third-order valence-electron chi connectivity index (χ3n) is 2.73. The predicted octanol–water partition coefficient (Wildman–Crippen LogP) is 2.15. The molecule has 3 nitrogen and oxygen atoms in total. The number of hydrogen-bond acceptors (Lipinski definition) is 2. The molecular weight excluding hydrogens is 279 g/mol. The summed E-state index contributed by atoms with van der Waals surface area (Å²) in [7, 11) is 1.78. The number of ether oxygens (including phenoxy) is 1. The number of nitrogens with zero attached hydrogens (tertiary/aromatic N) is 2. The van der Waals surface area contributed by atoms with E-state index in [9.17, 15) is 0 Å². The Bertz CT molecular complexity index is 305. The minimum Gasteiger partial charge on any atom is -0.381 e. The lowest BCUT2D eigenvalue weighted by Crippen LogP contribution is -2.33. The van der Waals surface area contributed by atoms with Crippen LogP contribution in [0.4, 0.5) is 0 Å². The highest BCUT2D eigenvalue weighted by Gasteiger charge is 2.31. The van der Waals surface area contributed by atoms with Crippen LogP contribution in [0.5, 0.6) is 0 Å². The molecule has 0 bridgehead atoms. The minimum atomic E-state index is 0.450. The van der Waals surface area contributed by atoms with E-state index in [-0.39, 0.29) is 0 Å². The van der Waals surface area contributed by atoms with E-state index >= 15 is 0 Å². The van der Waals surface area contributed by atoms with E-state index in [1.807, 2.05) is 6.20 Å². The first-order valence-electron chi connectivity index (χ1n) is 4.44. The Morgan fingerprint density at radius 1 is 1.62 bits per heavy atom. The minimum absolute atomic E-state index is 0.450. The Labute approximate surface area is 91.6 Å². The van der Waals surface area contributed by atoms with E-state index in [1.54, 1.807) is 7.11 Å². The van der Waals surface area contributed by atoms with Gasteiger partial charge in [0.15, 0.2) is 0 Å². The highest BCUT2D eigenvalue weighted by molar-refractivity contribution is 14.1. The fourth-order valence-corrected chi connectivity index (χ4v) is 2.07. The molecule has 13 heavy (non-hydrogen) atoms. The van der Waals surface area contributed by atoms with Crippen molar-refractivity contribution >= 4 is 22.6 Å². The van der Waals surface area contributed by atoms with E-state index in [4.69, 9.17) is 4.74 Å². The zero-order valence-electron chi connectivity index (χ0n) is 7.83. The summed E-state index contributed by atoms with van der Waals surface area (Å²) in [6.07, 6.45) is 4.59. The van der Waals surface area contributed by atoms with E-state index in [1.165, 1.54) is 9.26 Å². The van der Waals surface area contributed by atoms with Crippen LogP contribution >= 0.6 is 22.6 Å². The molecule has 1 aliphatic carbocycles. The van der Waals surface area contributed by atoms with Gasteiger partial charge in [0.25, 0.3) is 0 Å². The lowest BCUT2D eigenvalue weighted by atomic mass is 9.89. The molecule has 1 aliphatic rings. The highest BCUT2D eigenvalue weighted by atomic mass is 127. The van der Waals surface area contributed by atoms with Gasteiger partial charge in [0.1, 0.15) is 0 Å². The third-order valence-corrected chi connectivity index (χ3v) is 3.79. The molecule has 1 saturated carbocycles. The predicted molar refractivity (Wildman–Crippen MR) is 58.7 cm³/mol. The van der Waals surface area contributed by atoms with Crippen molar-refractivity contribution in [2.24, 2.45) is 0 Å². The molecule has 0 unspecified atom stereocenters. The molecule has 0 spiro atoms. The smallest absolute Gasteiger partial charge is 0.0626 e. The molecule has 0 aromatic carbocycles. The summed E-state index contributed by atoms with van der Waals surface area (Å²) in [5, 5.41) is 4.36. The zero-order valence-corrected chi connectivity index (χ0v) is 9.98. The van der Waals surface area contributed by atoms with Gasteiger partial charge in [-0.2, -0.15) is 5.10 Å². The van der Waals surface area contributed by atoms with Crippen molar-refractivity contribution in [1.29, 1.82) is 0 Å². The second-order valence-electron chi connectivity index (χ2n) is 3.51. The maximum Gasteiger partial charge on any atom is 0.0626 e. The molecule has 0 N–H and O–H groups in total. The normalized spacial score (nSPS) is 27.3. The maximum absolute atomic E-state index is 5.24. The molecule has 72 valence electrons. The summed E-state index contributed by atoms with van der Waals surface area (Å²) in [5.74, 6) is 0. The van der Waals surface area contributed by atoms with E-state index in [0.717, 1.165) is 12.8 Å². The van der Waals surface area contributed by atoms with Crippen LogP contribution < -0.4 is 0 Å². The van der Waals surface area contributed by atoms with E-state index < -0.39 is 0 Å². The largest absolute Gasteiger partial charge is 0.381 e. The summed E-state index contributed by atoms with van der Waals surface area (Å²) in [6.45, 7) is 2.12. The molecule has 0 atom stereocenters. The van der Waals surface area contributed by atoms with Crippen molar-refractivity contribution in [2.45, 2.75) is 31.9 Å². The van der Waals surface area contributed by atoms with Gasteiger partial charge < -0.3 is 4.74 Å². The van der Waals surface area contributed by atoms with E-state index in [2.05, 4.69) is 39.3 Å². The quantitative estimate of drug-likeness (QED) is 0.781. The summed E-state index contributed by atoms with van der Waals surface area (Å²) >= 11 is 2.32. The first kappa shape index (κ1) is 9.45. The van der Waals surface area contributed by atoms with Gasteiger partial charge in [-0.25, -0.2) is 0 Å². The molecule has 1 fully saturated rings. The molecule has 1 aromatic rings. The van der Waals surface area contributed by atoms with Crippen LogP contribution in [0.25, 0.3) is 0 Å². The number of methoxy groups -OCH3 is 1. The van der Waals surface area contributed by atoms with Crippen LogP contribution in [-0.2, 0) is 4.74 Å². The number of aromatic nitrogens is 2. The summed E-state index contributed by atoms with van der Waals surface area (Å²) in [5.41, 5.74) is 1.28. The summed E-state index contributed by atoms with van der Waals surface area (Å²) in [6, 6.07) is 0.563. The van der Waals surface area contributed by atoms with Crippen molar-refractivity contribution in [1.82, 2.24) is 9.78 Å². The first-order valence-corrected chi connectivity index (χ1v) is 5.52. The fourth-order valence-electron chi connectivity index (χ4n) is 1.70. The van der Waals surface area contributed by atoms with Gasteiger partial charge in [-0.3, -0.25) is 4.68 Å². The standard InChI is InChI=1S/C9H13IN2O/c1-6-9(10)5-11-12(6)7-3-8(4-7)13-2/h5,7-8H,3-4H2,1-2H3. The number of hydrogen-bond donors (Lipinski definition) is 0. The van der Waals surface area contributed by atoms with Crippen LogP contribution in [0, 0.1) is 10.5 Å². The Hall–Kier alpha value is -0.100. The SMILES string of the molecule is COC1CC(n2ncc(I)c2C)C1. The van der Waals surface area contributed by atoms with Crippen LogP contribution in [0.1, 0.15) is 24.6 Å². The van der Waals surface area contributed by atoms with Crippen LogP contribution in [0.15, 0.2) is 6.20 Å². The van der Waals surface area contributed by atoms with Gasteiger partial charge in [0.05, 0.1) is 21.9 Å². The molecule has 0 radical (unpaired) electrons. The van der Waals surface area contributed by atoms with Crippen molar-refractivity contribution in [3.05, 3.63) is 15.5 Å². The molecule has 0 amide bonds. The van der Waals surface area contributed by atoms with Crippen molar-refractivity contribution < 1.29 is 4.74 Å². The maximum atomic E-state index is 5.24. The van der Waals surface area contributed by atoms with Crippen LogP contribution in [-0.4, -0.2) is 23.0 Å². The molecule has 0 aliphatic heterocycles. The molecule has 2 rings (SSSR count). The second kappa shape index (κ2) is 3.57. The monoisotopic (exact) mass is 292 g/mol. The second-order valence-corrected chi connectivity index (χ2v) is 4.67. The van der Waals surface area contributed by atoms with Gasteiger partial charge in [-0.1, -0.05) is 0 Å². The van der Waals surface area contributed by atoms with Gasteiger partial charge >= 0.3 is 0 Å². The Kier molecular flexibility index (Phi) is 2.60. The molecular formula is C9H13IN2O. The lowest BCUT2D eigenvalue weighted by molar-refractivity contribution is 0.00187. The Morgan fingerprint density at radius 3 is 2.77 bits per heavy atom. The molecule has 0 saturated heterocycles. The lowest BCUT2D eigenvalue weighted by Gasteiger charge is -2.34. The molecule has 1 heterocycles. The fraction of sp³-hybridized carbons (Fsp3) is 0.667. The first-order chi connectivity index (χ1) is 6.22. The summed E-state index contributed by atoms with van der Waals surface area (Å²) in [4.78, 5) is 0. The number of rotatable bonds is 2. The van der Waals surface area contributed by atoms with Gasteiger partial charge in [0, 0.05) is 12.8 Å². The summed E-state index contributed by atoms with van der Waals surface area (Å²) < 4.78 is 8.61. The number of halogens is 1. The molecule has 1 aromatic heterocycles. The van der Waals surface area contributed by atoms with Crippen molar-refractivity contribution in [2.75, 3.05) is 7.11 Å². The van der Waals surface area contributed by atoms with Crippen molar-refractivity contribution in [3.8, 4) is 0 Å². The van der Waals surface area contributed by atoms with Gasteiger partial charge in [-0.15, -0.1) is 0 Å². The Morgan fingerprint density at radius 2 is 2.31 bits per heavy atom.